The minimum absolute atomic E-state index is 0.0608. The fourth-order valence-electron chi connectivity index (χ4n) is 0.945. The third-order valence-corrected chi connectivity index (χ3v) is 4.50. The monoisotopic (exact) mass is 253 g/mol. The number of aliphatic carboxylic acids is 1. The lowest BCUT2D eigenvalue weighted by Crippen LogP contribution is -2.44. The number of hydrogen-bond donors (Lipinski definition) is 3. The van der Waals surface area contributed by atoms with E-state index in [-0.39, 0.29) is 19.5 Å². The average molecular weight is 253 g/mol. The van der Waals surface area contributed by atoms with Gasteiger partial charge < -0.3 is 15.5 Å². The number of aliphatic hydroxyl groups excluding tert-OH is 1. The van der Waals surface area contributed by atoms with Crippen molar-refractivity contribution in [3.05, 3.63) is 0 Å². The van der Waals surface area contributed by atoms with E-state index in [1.54, 1.807) is 13.8 Å². The summed E-state index contributed by atoms with van der Waals surface area (Å²) in [6, 6.07) is 0. The van der Waals surface area contributed by atoms with Gasteiger partial charge in [0.1, 0.15) is 0 Å². The van der Waals surface area contributed by atoms with E-state index < -0.39 is 26.7 Å². The molecule has 16 heavy (non-hydrogen) atoms. The molecule has 96 valence electrons. The first-order valence-electron chi connectivity index (χ1n) is 4.86. The number of hydrogen-bond acceptors (Lipinski definition) is 5. The lowest BCUT2D eigenvalue weighted by atomic mass is 10.2. The van der Waals surface area contributed by atoms with E-state index in [0.717, 1.165) is 6.26 Å². The summed E-state index contributed by atoms with van der Waals surface area (Å²) in [5, 5.41) is 20.4. The molecule has 0 aromatic rings. The Bertz CT molecular complexity index is 336. The van der Waals surface area contributed by atoms with E-state index in [1.165, 1.54) is 0 Å². The minimum atomic E-state index is -3.18. The molecule has 3 N–H and O–H groups in total. The van der Waals surface area contributed by atoms with Gasteiger partial charge in [-0.3, -0.25) is 4.79 Å². The van der Waals surface area contributed by atoms with Gasteiger partial charge in [0.15, 0.2) is 9.84 Å². The summed E-state index contributed by atoms with van der Waals surface area (Å²) in [5.74, 6) is -1.09. The maximum atomic E-state index is 11.3. The van der Waals surface area contributed by atoms with Crippen LogP contribution in [0.15, 0.2) is 0 Å². The normalized spacial score (nSPS) is 14.8. The molecule has 0 aliphatic heterocycles. The van der Waals surface area contributed by atoms with Crippen LogP contribution in [0.4, 0.5) is 0 Å². The van der Waals surface area contributed by atoms with E-state index in [4.69, 9.17) is 5.11 Å². The lowest BCUT2D eigenvalue weighted by Gasteiger charge is -2.23. The summed E-state index contributed by atoms with van der Waals surface area (Å²) in [5.41, 5.74) is 0. The Morgan fingerprint density at radius 2 is 1.94 bits per heavy atom. The topological polar surface area (TPSA) is 104 Å². The van der Waals surface area contributed by atoms with E-state index in [0.29, 0.717) is 0 Å². The molecular weight excluding hydrogens is 234 g/mol. The predicted molar refractivity (Wildman–Crippen MR) is 60.1 cm³/mol. The van der Waals surface area contributed by atoms with E-state index in [9.17, 15) is 18.3 Å². The first kappa shape index (κ1) is 15.3. The molecule has 0 aromatic heterocycles. The summed E-state index contributed by atoms with van der Waals surface area (Å²) in [6.45, 7) is 3.37. The first-order valence-corrected chi connectivity index (χ1v) is 6.75. The summed E-state index contributed by atoms with van der Waals surface area (Å²) in [6.07, 6.45) is -0.220. The smallest absolute Gasteiger partial charge is 0.306 e. The molecule has 0 fully saturated rings. The molecule has 0 spiro atoms. The number of nitrogens with one attached hydrogen (secondary N) is 1. The van der Waals surface area contributed by atoms with Crippen molar-refractivity contribution in [2.45, 2.75) is 31.1 Å². The van der Waals surface area contributed by atoms with Gasteiger partial charge in [-0.15, -0.1) is 0 Å². The second-order valence-electron chi connectivity index (χ2n) is 4.41. The van der Waals surface area contributed by atoms with Crippen molar-refractivity contribution in [3.8, 4) is 0 Å². The molecule has 0 amide bonds. The molecule has 0 saturated heterocycles. The number of aliphatic hydroxyl groups is 1. The first-order chi connectivity index (χ1) is 7.06. The van der Waals surface area contributed by atoms with Crippen molar-refractivity contribution in [1.29, 1.82) is 0 Å². The van der Waals surface area contributed by atoms with Crippen LogP contribution in [0.2, 0.25) is 0 Å². The van der Waals surface area contributed by atoms with Crippen molar-refractivity contribution in [2.75, 3.05) is 19.3 Å². The zero-order chi connectivity index (χ0) is 13.0. The fraction of sp³-hybridized carbons (Fsp3) is 0.889. The molecule has 0 saturated carbocycles. The van der Waals surface area contributed by atoms with Crippen LogP contribution in [0.25, 0.3) is 0 Å². The van der Waals surface area contributed by atoms with Crippen LogP contribution in [0, 0.1) is 0 Å². The average Bonchev–Trinajstić information content (AvgIpc) is 1.99. The molecule has 1 unspecified atom stereocenters. The van der Waals surface area contributed by atoms with Crippen LogP contribution in [-0.2, 0) is 14.6 Å². The largest absolute Gasteiger partial charge is 0.481 e. The molecule has 6 nitrogen and oxygen atoms in total. The number of sulfone groups is 1. The van der Waals surface area contributed by atoms with Gasteiger partial charge in [0.2, 0.25) is 0 Å². The summed E-state index contributed by atoms with van der Waals surface area (Å²) in [7, 11) is -3.18. The van der Waals surface area contributed by atoms with Crippen molar-refractivity contribution < 1.29 is 23.4 Å². The SMILES string of the molecule is CC(C)(CNCC(O)CC(=O)O)S(C)(=O)=O. The highest BCUT2D eigenvalue weighted by molar-refractivity contribution is 7.92. The van der Waals surface area contributed by atoms with E-state index in [2.05, 4.69) is 5.32 Å². The standard InChI is InChI=1S/C9H19NO5S/c1-9(2,16(3,14)15)6-10-5-7(11)4-8(12)13/h7,10-11H,4-6H2,1-3H3,(H,12,13). The Hall–Kier alpha value is -0.660. The van der Waals surface area contributed by atoms with E-state index in [1.807, 2.05) is 0 Å². The Balaban J connectivity index is 4.04. The van der Waals surface area contributed by atoms with Crippen molar-refractivity contribution in [1.82, 2.24) is 5.32 Å². The third-order valence-electron chi connectivity index (χ3n) is 2.34. The number of carbonyl (C=O) groups is 1. The van der Waals surface area contributed by atoms with Crippen LogP contribution in [-0.4, -0.2) is 54.8 Å². The van der Waals surface area contributed by atoms with E-state index >= 15 is 0 Å². The highest BCUT2D eigenvalue weighted by Gasteiger charge is 2.29. The molecule has 0 aromatic carbocycles. The van der Waals surface area contributed by atoms with Gasteiger partial charge in [0, 0.05) is 19.3 Å². The van der Waals surface area contributed by atoms with Crippen molar-refractivity contribution >= 4 is 15.8 Å². The summed E-state index contributed by atoms with van der Waals surface area (Å²) < 4.78 is 21.7. The number of carboxylic acid groups (broad SMARTS) is 1. The van der Waals surface area contributed by atoms with Crippen LogP contribution >= 0.6 is 0 Å². The fourth-order valence-corrected chi connectivity index (χ4v) is 1.31. The molecule has 0 rings (SSSR count). The number of carboxylic acids is 1. The van der Waals surface area contributed by atoms with Gasteiger partial charge >= 0.3 is 5.97 Å². The molecule has 0 aliphatic rings. The molecule has 0 bridgehead atoms. The maximum absolute atomic E-state index is 11.3. The molecular formula is C9H19NO5S. The minimum Gasteiger partial charge on any atom is -0.481 e. The highest BCUT2D eigenvalue weighted by Crippen LogP contribution is 2.13. The third kappa shape index (κ3) is 5.43. The lowest BCUT2D eigenvalue weighted by molar-refractivity contribution is -0.139. The predicted octanol–water partition coefficient (Wildman–Crippen LogP) is -0.765. The Kier molecular flexibility index (Phi) is 5.37. The van der Waals surface area contributed by atoms with Crippen LogP contribution in [0.5, 0.6) is 0 Å². The van der Waals surface area contributed by atoms with Crippen LogP contribution in [0.3, 0.4) is 0 Å². The second kappa shape index (κ2) is 5.60. The molecule has 0 heterocycles. The summed E-state index contributed by atoms with van der Waals surface area (Å²) >= 11 is 0. The Morgan fingerprint density at radius 3 is 2.31 bits per heavy atom. The Labute approximate surface area is 95.6 Å². The van der Waals surface area contributed by atoms with Gasteiger partial charge in [-0.05, 0) is 13.8 Å². The Morgan fingerprint density at radius 1 is 1.44 bits per heavy atom. The van der Waals surface area contributed by atoms with Crippen LogP contribution < -0.4 is 5.32 Å². The maximum Gasteiger partial charge on any atom is 0.306 e. The summed E-state index contributed by atoms with van der Waals surface area (Å²) in [4.78, 5) is 10.2. The van der Waals surface area contributed by atoms with Crippen molar-refractivity contribution in [3.63, 3.8) is 0 Å². The quantitative estimate of drug-likeness (QED) is 0.551. The van der Waals surface area contributed by atoms with Gasteiger partial charge in [0.05, 0.1) is 17.3 Å². The second-order valence-corrected chi connectivity index (χ2v) is 7.06. The molecule has 0 radical (unpaired) electrons. The molecule has 7 heteroatoms. The van der Waals surface area contributed by atoms with Gasteiger partial charge in [-0.25, -0.2) is 8.42 Å². The van der Waals surface area contributed by atoms with Crippen LogP contribution in [0.1, 0.15) is 20.3 Å². The van der Waals surface area contributed by atoms with Crippen molar-refractivity contribution in [2.24, 2.45) is 0 Å². The molecule has 1 atom stereocenters. The van der Waals surface area contributed by atoms with Gasteiger partial charge in [0.25, 0.3) is 0 Å². The van der Waals surface area contributed by atoms with Gasteiger partial charge in [-0.2, -0.15) is 0 Å². The number of rotatable bonds is 7. The van der Waals surface area contributed by atoms with Gasteiger partial charge in [-0.1, -0.05) is 0 Å². The molecule has 0 aliphatic carbocycles. The zero-order valence-electron chi connectivity index (χ0n) is 9.73. The highest BCUT2D eigenvalue weighted by atomic mass is 32.2. The zero-order valence-corrected chi connectivity index (χ0v) is 10.5.